The van der Waals surface area contributed by atoms with E-state index >= 15 is 0 Å². The molecule has 0 radical (unpaired) electrons. The Bertz CT molecular complexity index is 550. The second kappa shape index (κ2) is 5.95. The summed E-state index contributed by atoms with van der Waals surface area (Å²) in [5.41, 5.74) is 2.39. The van der Waals surface area contributed by atoms with Gasteiger partial charge in [0.25, 0.3) is 0 Å². The topological polar surface area (TPSA) is 12.5 Å². The lowest BCUT2D eigenvalue weighted by Crippen LogP contribution is -2.45. The third-order valence-electron chi connectivity index (χ3n) is 4.61. The molecule has 0 aliphatic carbocycles. The fraction of sp³-hybridized carbons (Fsp3) is 0.529. The maximum absolute atomic E-state index is 12.1. The number of hydrogen-bond donors (Lipinski definition) is 0. The highest BCUT2D eigenvalue weighted by molar-refractivity contribution is 5.68. The van der Waals surface area contributed by atoms with Crippen molar-refractivity contribution in [1.82, 2.24) is 4.90 Å². The number of benzene rings is 1. The first-order valence-electron chi connectivity index (χ1n) is 7.65. The van der Waals surface area contributed by atoms with Gasteiger partial charge < -0.3 is 4.74 Å². The summed E-state index contributed by atoms with van der Waals surface area (Å²) in [7, 11) is 2.18. The summed E-state index contributed by atoms with van der Waals surface area (Å²) in [6.45, 7) is -1.25. The van der Waals surface area contributed by atoms with Gasteiger partial charge in [-0.05, 0) is 49.6 Å². The van der Waals surface area contributed by atoms with Crippen LogP contribution in [0.25, 0.3) is 5.57 Å². The Morgan fingerprint density at radius 3 is 2.55 bits per heavy atom. The van der Waals surface area contributed by atoms with Crippen LogP contribution in [-0.4, -0.2) is 36.8 Å². The lowest BCUT2D eigenvalue weighted by atomic mass is 9.83. The van der Waals surface area contributed by atoms with Crippen LogP contribution in [0.4, 0.5) is 13.2 Å². The largest absolute Gasteiger partial charge is 0.484 e. The first-order chi connectivity index (χ1) is 10.4. The van der Waals surface area contributed by atoms with Gasteiger partial charge in [0.1, 0.15) is 5.75 Å². The van der Waals surface area contributed by atoms with Crippen LogP contribution in [0, 0.1) is 0 Å². The molecule has 22 heavy (non-hydrogen) atoms. The Kier molecular flexibility index (Phi) is 4.17. The van der Waals surface area contributed by atoms with Crippen LogP contribution >= 0.6 is 0 Å². The molecule has 0 spiro atoms. The maximum Gasteiger partial charge on any atom is 0.422 e. The normalized spacial score (nSPS) is 25.7. The average molecular weight is 311 g/mol. The van der Waals surface area contributed by atoms with Crippen molar-refractivity contribution in [1.29, 1.82) is 0 Å². The number of halogens is 3. The van der Waals surface area contributed by atoms with Crippen LogP contribution in [0.3, 0.4) is 0 Å². The molecule has 2 aliphatic heterocycles. The molecule has 2 unspecified atom stereocenters. The van der Waals surface area contributed by atoms with E-state index in [4.69, 9.17) is 4.74 Å². The van der Waals surface area contributed by atoms with Crippen molar-refractivity contribution in [2.24, 2.45) is 0 Å². The molecule has 2 nitrogen and oxygen atoms in total. The highest BCUT2D eigenvalue weighted by atomic mass is 19.4. The molecule has 0 amide bonds. The van der Waals surface area contributed by atoms with Gasteiger partial charge >= 0.3 is 6.18 Å². The summed E-state index contributed by atoms with van der Waals surface area (Å²) in [5.74, 6) is 0.259. The molecule has 1 aromatic rings. The molecule has 0 saturated carbocycles. The monoisotopic (exact) mass is 311 g/mol. The third-order valence-corrected chi connectivity index (χ3v) is 4.61. The fourth-order valence-electron chi connectivity index (χ4n) is 3.39. The molecule has 2 heterocycles. The van der Waals surface area contributed by atoms with Gasteiger partial charge in [0, 0.05) is 12.1 Å². The van der Waals surface area contributed by atoms with Gasteiger partial charge in [0.05, 0.1) is 0 Å². The molecular weight excluding hydrogens is 291 g/mol. The number of piperidine rings is 1. The molecule has 5 heteroatoms. The number of likely N-dealkylation sites (N-methyl/N-ethyl adjacent to an activating group) is 1. The molecule has 2 atom stereocenters. The number of alkyl halides is 3. The molecule has 120 valence electrons. The highest BCUT2D eigenvalue weighted by Gasteiger charge is 2.31. The molecule has 1 aromatic carbocycles. The molecule has 1 saturated heterocycles. The SMILES string of the molecule is CN1C2C=C(c3ccc(OCC(F)(F)F)cc3)CC1CCC2. The van der Waals surface area contributed by atoms with Crippen molar-refractivity contribution in [2.75, 3.05) is 13.7 Å². The summed E-state index contributed by atoms with van der Waals surface area (Å²) in [4.78, 5) is 2.44. The summed E-state index contributed by atoms with van der Waals surface area (Å²) in [6, 6.07) is 8.03. The quantitative estimate of drug-likeness (QED) is 0.826. The van der Waals surface area contributed by atoms with E-state index in [0.717, 1.165) is 12.0 Å². The molecule has 2 aliphatic rings. The number of nitrogens with zero attached hydrogens (tertiary/aromatic N) is 1. The van der Waals surface area contributed by atoms with Crippen molar-refractivity contribution < 1.29 is 17.9 Å². The van der Waals surface area contributed by atoms with Crippen molar-refractivity contribution >= 4 is 5.57 Å². The lowest BCUT2D eigenvalue weighted by Gasteiger charge is -2.42. The second-order valence-corrected chi connectivity index (χ2v) is 6.14. The van der Waals surface area contributed by atoms with E-state index < -0.39 is 12.8 Å². The zero-order valence-corrected chi connectivity index (χ0v) is 12.6. The summed E-state index contributed by atoms with van der Waals surface area (Å²) in [5, 5.41) is 0. The smallest absolute Gasteiger partial charge is 0.422 e. The molecule has 3 rings (SSSR count). The minimum absolute atomic E-state index is 0.259. The third kappa shape index (κ3) is 3.46. The van der Waals surface area contributed by atoms with Gasteiger partial charge in [-0.25, -0.2) is 0 Å². The van der Waals surface area contributed by atoms with Crippen LogP contribution in [-0.2, 0) is 0 Å². The van der Waals surface area contributed by atoms with Gasteiger partial charge in [-0.3, -0.25) is 4.90 Å². The van der Waals surface area contributed by atoms with Crippen molar-refractivity contribution in [2.45, 2.75) is 43.9 Å². The summed E-state index contributed by atoms with van der Waals surface area (Å²) in [6.07, 6.45) is 2.69. The predicted molar refractivity (Wildman–Crippen MR) is 79.8 cm³/mol. The summed E-state index contributed by atoms with van der Waals surface area (Å²) >= 11 is 0. The average Bonchev–Trinajstić information content (AvgIpc) is 2.45. The number of ether oxygens (including phenoxy) is 1. The Balaban J connectivity index is 1.71. The van der Waals surface area contributed by atoms with Crippen molar-refractivity contribution in [3.63, 3.8) is 0 Å². The van der Waals surface area contributed by atoms with Crippen LogP contribution in [0.5, 0.6) is 5.75 Å². The molecule has 1 fully saturated rings. The zero-order chi connectivity index (χ0) is 15.7. The van der Waals surface area contributed by atoms with Crippen molar-refractivity contribution in [3.8, 4) is 5.75 Å². The Morgan fingerprint density at radius 1 is 1.18 bits per heavy atom. The molecular formula is C17H20F3NO. The minimum atomic E-state index is -4.30. The van der Waals surface area contributed by atoms with E-state index in [0.29, 0.717) is 12.1 Å². The molecule has 0 N–H and O–H groups in total. The van der Waals surface area contributed by atoms with E-state index in [9.17, 15) is 13.2 Å². The standard InChI is InChI=1S/C17H20F3NO/c1-21-14-3-2-4-15(21)10-13(9-14)12-5-7-16(8-6-12)22-11-17(18,19)20/h5-9,14-15H,2-4,10-11H2,1H3. The Morgan fingerprint density at radius 2 is 1.91 bits per heavy atom. The van der Waals surface area contributed by atoms with Crippen LogP contribution in [0.15, 0.2) is 30.3 Å². The number of rotatable bonds is 3. The first kappa shape index (κ1) is 15.4. The van der Waals surface area contributed by atoms with Gasteiger partial charge in [0.2, 0.25) is 0 Å². The van der Waals surface area contributed by atoms with E-state index in [1.807, 2.05) is 12.1 Å². The summed E-state index contributed by atoms with van der Waals surface area (Å²) < 4.78 is 41.2. The van der Waals surface area contributed by atoms with E-state index in [2.05, 4.69) is 18.0 Å². The van der Waals surface area contributed by atoms with Gasteiger partial charge in [-0.15, -0.1) is 0 Å². The molecule has 0 aromatic heterocycles. The first-order valence-corrected chi connectivity index (χ1v) is 7.65. The predicted octanol–water partition coefficient (Wildman–Crippen LogP) is 4.27. The maximum atomic E-state index is 12.1. The fourth-order valence-corrected chi connectivity index (χ4v) is 3.39. The van der Waals surface area contributed by atoms with E-state index in [1.165, 1.54) is 24.8 Å². The van der Waals surface area contributed by atoms with Crippen LogP contribution in [0.2, 0.25) is 0 Å². The molecule has 2 bridgehead atoms. The van der Waals surface area contributed by atoms with Crippen LogP contribution < -0.4 is 4.74 Å². The van der Waals surface area contributed by atoms with Crippen LogP contribution in [0.1, 0.15) is 31.2 Å². The van der Waals surface area contributed by atoms with Gasteiger partial charge in [0.15, 0.2) is 6.61 Å². The van der Waals surface area contributed by atoms with Gasteiger partial charge in [-0.1, -0.05) is 24.6 Å². The Hall–Kier alpha value is -1.49. The Labute approximate surface area is 128 Å². The zero-order valence-electron chi connectivity index (χ0n) is 12.6. The van der Waals surface area contributed by atoms with E-state index in [1.54, 1.807) is 12.1 Å². The van der Waals surface area contributed by atoms with Gasteiger partial charge in [-0.2, -0.15) is 13.2 Å². The second-order valence-electron chi connectivity index (χ2n) is 6.14. The van der Waals surface area contributed by atoms with Crippen molar-refractivity contribution in [3.05, 3.63) is 35.9 Å². The van der Waals surface area contributed by atoms with E-state index in [-0.39, 0.29) is 5.75 Å². The number of fused-ring (bicyclic) bond motifs is 2. The number of hydrogen-bond acceptors (Lipinski definition) is 2. The lowest BCUT2D eigenvalue weighted by molar-refractivity contribution is -0.153. The minimum Gasteiger partial charge on any atom is -0.484 e. The highest BCUT2D eigenvalue weighted by Crippen LogP contribution is 2.36.